The summed E-state index contributed by atoms with van der Waals surface area (Å²) < 4.78 is 41.6. The molecule has 5 aromatic rings. The molecule has 0 radical (unpaired) electrons. The number of nitrogens with zero attached hydrogens (tertiary/aromatic N) is 4. The predicted octanol–water partition coefficient (Wildman–Crippen LogP) is 5.82. The van der Waals surface area contributed by atoms with Crippen LogP contribution in [0, 0.1) is 12.3 Å². The highest BCUT2D eigenvalue weighted by Crippen LogP contribution is 2.35. The van der Waals surface area contributed by atoms with Crippen LogP contribution in [0.3, 0.4) is 0 Å². The van der Waals surface area contributed by atoms with E-state index < -0.39 is 76.0 Å². The van der Waals surface area contributed by atoms with Crippen molar-refractivity contribution in [2.45, 2.75) is 77.9 Å². The van der Waals surface area contributed by atoms with E-state index in [1.54, 1.807) is 74.0 Å². The molecular weight excluding hydrogens is 940 g/mol. The molecule has 0 aliphatic carbocycles. The van der Waals surface area contributed by atoms with Crippen LogP contribution in [-0.4, -0.2) is 119 Å². The maximum atomic E-state index is 14.1. The van der Waals surface area contributed by atoms with Crippen molar-refractivity contribution in [3.63, 3.8) is 0 Å². The smallest absolute Gasteiger partial charge is 0.391 e. The number of pyridine rings is 1. The molecule has 5 amide bonds. The van der Waals surface area contributed by atoms with Gasteiger partial charge in [-0.15, -0.1) is 11.3 Å². The number of anilines is 2. The quantitative estimate of drug-likeness (QED) is 0.0694. The molecule has 20 heteroatoms. The number of benzene rings is 3. The zero-order valence-corrected chi connectivity index (χ0v) is 40.9. The Morgan fingerprint density at radius 1 is 0.887 bits per heavy atom. The Bertz CT molecular complexity index is 2800. The normalized spacial score (nSPS) is 16.9. The molecule has 71 heavy (non-hydrogen) atoms. The van der Waals surface area contributed by atoms with Crippen molar-refractivity contribution in [3.05, 3.63) is 123 Å². The molecule has 2 aliphatic rings. The Kier molecular flexibility index (Phi) is 16.1. The van der Waals surface area contributed by atoms with Crippen LogP contribution in [0.15, 0.2) is 89.3 Å². The lowest BCUT2D eigenvalue weighted by Crippen LogP contribution is -2.57. The lowest BCUT2D eigenvalue weighted by molar-refractivity contribution is -0.144. The van der Waals surface area contributed by atoms with E-state index in [4.69, 9.17) is 0 Å². The Balaban J connectivity index is 0.930. The summed E-state index contributed by atoms with van der Waals surface area (Å²) in [5.74, 6) is -2.78. The van der Waals surface area contributed by atoms with E-state index >= 15 is 0 Å². The van der Waals surface area contributed by atoms with Crippen LogP contribution >= 0.6 is 11.3 Å². The number of likely N-dealkylation sites (N-methyl/N-ethyl adjacent to an activating group) is 1. The van der Waals surface area contributed by atoms with Crippen molar-refractivity contribution in [2.24, 2.45) is 5.41 Å². The summed E-state index contributed by atoms with van der Waals surface area (Å²) in [6, 6.07) is 18.0. The van der Waals surface area contributed by atoms with Gasteiger partial charge in [0.05, 0.1) is 44.7 Å². The van der Waals surface area contributed by atoms with E-state index in [9.17, 15) is 47.0 Å². The molecule has 3 atom stereocenters. The summed E-state index contributed by atoms with van der Waals surface area (Å²) in [6.45, 7) is 10.3. The van der Waals surface area contributed by atoms with Crippen LogP contribution in [0.5, 0.6) is 0 Å². The number of hydrogen-bond donors (Lipinski definition) is 6. The summed E-state index contributed by atoms with van der Waals surface area (Å²) >= 11 is 1.55. The molecule has 2 aliphatic heterocycles. The van der Waals surface area contributed by atoms with Crippen molar-refractivity contribution < 1.29 is 42.3 Å². The average Bonchev–Trinajstić information content (AvgIpc) is 3.95. The highest BCUT2D eigenvalue weighted by atomic mass is 32.1. The number of carbonyl (C=O) groups is 5. The Morgan fingerprint density at radius 2 is 1.56 bits per heavy atom. The highest BCUT2D eigenvalue weighted by Gasteiger charge is 2.44. The standard InChI is InChI=1S/C51H58F3N9O7S/c1-30-44(71-29-58-30)33-10-8-31(9-11-33)26-57-48(69)41-24-36(64)28-63(41)49(70)45(50(2,3)4)60-42(65)7-6-18-55-46(67)34-14-12-32(13-15-34)35-16-17-40(62-21-19-61(5)20-22-62)39(23-35)59-47(68)37-27-56-43(66)25-38(37)51(52,53)54/h8-17,23,25,27,29,36,41,45,64H,6-7,18-22,24,26,28H2,1-5H3,(H,55,67)(H,56,66)(H,57,69)(H,59,68)(H,60,65)/t36-,41+,45-/m1/s1. The number of rotatable bonds is 15. The third kappa shape index (κ3) is 12.9. The zero-order chi connectivity index (χ0) is 51.2. The van der Waals surface area contributed by atoms with Crippen LogP contribution in [0.25, 0.3) is 21.6 Å². The van der Waals surface area contributed by atoms with Crippen LogP contribution < -0.4 is 31.7 Å². The second-order valence-electron chi connectivity index (χ2n) is 19.0. The van der Waals surface area contributed by atoms with Gasteiger partial charge in [0.1, 0.15) is 12.1 Å². The molecule has 0 unspecified atom stereocenters. The number of nitrogens with one attached hydrogen (secondary N) is 5. The molecule has 4 heterocycles. The number of alkyl halides is 3. The molecule has 376 valence electrons. The van der Waals surface area contributed by atoms with Gasteiger partial charge in [0, 0.05) is 76.5 Å². The van der Waals surface area contributed by atoms with E-state index in [0.717, 1.165) is 41.0 Å². The fraction of sp³-hybridized carbons (Fsp3) is 0.392. The monoisotopic (exact) mass is 997 g/mol. The third-order valence-electron chi connectivity index (χ3n) is 12.6. The SMILES string of the molecule is Cc1ncsc1-c1ccc(CNC(=O)[C@@H]2C[C@@H](O)CN2C(=O)[C@@H](NC(=O)CCCNC(=O)c2ccc(-c3ccc(N4CCN(C)CC4)c(NC(=O)c4c[nH]c(=O)cc4C(F)(F)F)c3)cc2)C(C)(C)C)cc1. The number of thiazole rings is 1. The van der Waals surface area contributed by atoms with Crippen LogP contribution in [-0.2, 0) is 27.1 Å². The minimum Gasteiger partial charge on any atom is -0.391 e. The number of piperazine rings is 1. The summed E-state index contributed by atoms with van der Waals surface area (Å²) in [7, 11) is 1.98. The van der Waals surface area contributed by atoms with Crippen LogP contribution in [0.1, 0.15) is 77.6 Å². The Hall–Kier alpha value is -6.90. The van der Waals surface area contributed by atoms with Crippen molar-refractivity contribution >= 4 is 52.2 Å². The number of halogens is 3. The van der Waals surface area contributed by atoms with E-state index in [2.05, 4.69) is 36.1 Å². The number of amides is 5. The number of aliphatic hydroxyl groups is 1. The van der Waals surface area contributed by atoms with Crippen LogP contribution in [0.2, 0.25) is 0 Å². The van der Waals surface area contributed by atoms with Gasteiger partial charge in [-0.1, -0.05) is 63.2 Å². The topological polar surface area (TPSA) is 209 Å². The maximum Gasteiger partial charge on any atom is 0.417 e. The number of aryl methyl sites for hydroxylation is 1. The van der Waals surface area contributed by atoms with Crippen molar-refractivity contribution in [2.75, 3.05) is 56.5 Å². The predicted molar refractivity (Wildman–Crippen MR) is 265 cm³/mol. The Labute approximate surface area is 413 Å². The largest absolute Gasteiger partial charge is 0.417 e. The van der Waals surface area contributed by atoms with Gasteiger partial charge >= 0.3 is 6.18 Å². The van der Waals surface area contributed by atoms with Gasteiger partial charge in [-0.3, -0.25) is 28.8 Å². The first-order chi connectivity index (χ1) is 33.7. The molecule has 2 aromatic heterocycles. The second kappa shape index (κ2) is 22.0. The molecule has 0 bridgehead atoms. The Morgan fingerprint density at radius 3 is 2.21 bits per heavy atom. The first-order valence-electron chi connectivity index (χ1n) is 23.3. The number of likely N-dealkylation sites (tertiary alicyclic amines) is 1. The number of H-pyrrole nitrogens is 1. The average molecular weight is 998 g/mol. The summed E-state index contributed by atoms with van der Waals surface area (Å²) in [5, 5.41) is 21.8. The number of β-amino-alcohol motifs (C(OH)–C–C–N with tert-alkyl or cyclic N) is 1. The van der Waals surface area contributed by atoms with Crippen molar-refractivity contribution in [1.29, 1.82) is 0 Å². The molecule has 2 fully saturated rings. The first-order valence-corrected chi connectivity index (χ1v) is 24.2. The number of aromatic nitrogens is 2. The molecule has 2 saturated heterocycles. The summed E-state index contributed by atoms with van der Waals surface area (Å²) in [4.78, 5) is 92.3. The molecular formula is C51H58F3N9O7S. The maximum absolute atomic E-state index is 14.1. The number of hydrogen-bond acceptors (Lipinski definition) is 11. The summed E-state index contributed by atoms with van der Waals surface area (Å²) in [5.41, 5.74) is 3.23. The lowest BCUT2D eigenvalue weighted by Gasteiger charge is -2.35. The molecule has 3 aromatic carbocycles. The molecule has 7 rings (SSSR count). The molecule has 0 saturated carbocycles. The second-order valence-corrected chi connectivity index (χ2v) is 19.8. The van der Waals surface area contributed by atoms with Gasteiger partial charge in [-0.05, 0) is 72.3 Å². The molecule has 0 spiro atoms. The van der Waals surface area contributed by atoms with Crippen LogP contribution in [0.4, 0.5) is 24.5 Å². The van der Waals surface area contributed by atoms with Gasteiger partial charge in [0.25, 0.3) is 11.8 Å². The van der Waals surface area contributed by atoms with E-state index in [1.165, 1.54) is 4.90 Å². The first kappa shape index (κ1) is 51.9. The van der Waals surface area contributed by atoms with Gasteiger partial charge in [0.15, 0.2) is 0 Å². The highest BCUT2D eigenvalue weighted by molar-refractivity contribution is 7.13. The summed E-state index contributed by atoms with van der Waals surface area (Å²) in [6.07, 6.45) is -4.84. The zero-order valence-electron chi connectivity index (χ0n) is 40.1. The number of carbonyl (C=O) groups excluding carboxylic acids is 5. The van der Waals surface area contributed by atoms with Gasteiger partial charge in [-0.25, -0.2) is 4.98 Å². The third-order valence-corrected chi connectivity index (χ3v) is 13.6. The fourth-order valence-corrected chi connectivity index (χ4v) is 9.41. The van der Waals surface area contributed by atoms with Gasteiger partial charge in [0.2, 0.25) is 23.3 Å². The molecule has 6 N–H and O–H groups in total. The number of aromatic amines is 1. The van der Waals surface area contributed by atoms with E-state index in [0.29, 0.717) is 41.5 Å². The van der Waals surface area contributed by atoms with Crippen molar-refractivity contribution in [1.82, 2.24) is 35.7 Å². The van der Waals surface area contributed by atoms with Gasteiger partial charge < -0.3 is 46.1 Å². The fourth-order valence-electron chi connectivity index (χ4n) is 8.60. The van der Waals surface area contributed by atoms with E-state index in [-0.39, 0.29) is 44.6 Å². The van der Waals surface area contributed by atoms with Crippen molar-refractivity contribution in [3.8, 4) is 21.6 Å². The number of aliphatic hydroxyl groups excluding tert-OH is 1. The molecule has 16 nitrogen and oxygen atoms in total. The minimum absolute atomic E-state index is 0.0182. The lowest BCUT2D eigenvalue weighted by atomic mass is 9.85. The van der Waals surface area contributed by atoms with E-state index in [1.807, 2.05) is 49.2 Å². The van der Waals surface area contributed by atoms with Gasteiger partial charge in [-0.2, -0.15) is 13.2 Å². The minimum atomic E-state index is -4.95.